The van der Waals surface area contributed by atoms with Crippen LogP contribution in [0.25, 0.3) is 22.3 Å². The Morgan fingerprint density at radius 3 is 3.04 bits per heavy atom. The summed E-state index contributed by atoms with van der Waals surface area (Å²) in [6.07, 6.45) is 8.70. The van der Waals surface area contributed by atoms with Crippen molar-refractivity contribution in [1.82, 2.24) is 24.8 Å². The third kappa shape index (κ3) is 2.79. The van der Waals surface area contributed by atoms with Crippen molar-refractivity contribution >= 4 is 16.9 Å². The predicted molar refractivity (Wildman–Crippen MR) is 96.8 cm³/mol. The van der Waals surface area contributed by atoms with Crippen molar-refractivity contribution in [3.05, 3.63) is 36.5 Å². The van der Waals surface area contributed by atoms with Gasteiger partial charge < -0.3 is 14.9 Å². The van der Waals surface area contributed by atoms with Gasteiger partial charge in [-0.25, -0.2) is 9.97 Å². The van der Waals surface area contributed by atoms with E-state index in [0.29, 0.717) is 11.6 Å². The molecule has 0 aromatic carbocycles. The lowest BCUT2D eigenvalue weighted by atomic mass is 10.1. The van der Waals surface area contributed by atoms with Crippen LogP contribution in [0.1, 0.15) is 39.5 Å². The number of nitrogens with one attached hydrogen (secondary N) is 2. The molecular weight excluding hydrogens is 302 g/mol. The third-order valence-electron chi connectivity index (χ3n) is 4.50. The maximum Gasteiger partial charge on any atom is 0.270 e. The zero-order valence-corrected chi connectivity index (χ0v) is 13.7. The average molecular weight is 327 g/mol. The van der Waals surface area contributed by atoms with Crippen LogP contribution in [0.4, 0.5) is 0 Å². The van der Waals surface area contributed by atoms with E-state index in [1.54, 1.807) is 6.33 Å². The normalized spacial score (nSPS) is 14.2. The molecule has 1 fully saturated rings. The molecule has 2 N–H and O–H groups in total. The van der Waals surface area contributed by atoms with Gasteiger partial charge in [0.15, 0.2) is 0 Å². The minimum atomic E-state index is 0. The Kier molecular flexibility index (Phi) is 3.80. The molecule has 6 nitrogen and oxygen atoms in total. The quantitative estimate of drug-likeness (QED) is 0.724. The van der Waals surface area contributed by atoms with Gasteiger partial charge in [-0.15, -0.1) is 0 Å². The topological polar surface area (TPSA) is 77.7 Å². The van der Waals surface area contributed by atoms with Gasteiger partial charge in [0.25, 0.3) is 5.91 Å². The van der Waals surface area contributed by atoms with Crippen LogP contribution in [-0.2, 0) is 0 Å². The van der Waals surface area contributed by atoms with Crippen molar-refractivity contribution in [2.75, 3.05) is 13.1 Å². The smallest absolute Gasteiger partial charge is 0.270 e. The Balaban J connectivity index is 0.00000121. The van der Waals surface area contributed by atoms with E-state index in [-0.39, 0.29) is 8.76 Å². The van der Waals surface area contributed by atoms with E-state index in [0.717, 1.165) is 41.8 Å². The summed E-state index contributed by atoms with van der Waals surface area (Å²) < 4.78 is 0. The van der Waals surface area contributed by atoms with Crippen molar-refractivity contribution < 1.29 is 7.65 Å². The molecule has 24 heavy (non-hydrogen) atoms. The second-order valence-corrected chi connectivity index (χ2v) is 6.46. The number of hydrogen-bond acceptors (Lipinski definition) is 3. The zero-order valence-electron chi connectivity index (χ0n) is 13.7. The standard InChI is InChI=1S/C18H21N5O.2H2/c1-2-7-23(10-12-3-4-12)18(24)15-8-13(9-20-15)16-14-5-6-19-17(14)22-11-21-16;;/h5-6,8-9,11-12,20H,2-4,7,10H2,1H3,(H,19,21,22);2*1H. The van der Waals surface area contributed by atoms with E-state index in [1.807, 2.05) is 29.4 Å². The summed E-state index contributed by atoms with van der Waals surface area (Å²) in [5.74, 6) is 0.769. The van der Waals surface area contributed by atoms with Crippen LogP contribution < -0.4 is 0 Å². The van der Waals surface area contributed by atoms with Gasteiger partial charge in [-0.05, 0) is 37.3 Å². The van der Waals surface area contributed by atoms with Gasteiger partial charge in [0.2, 0.25) is 0 Å². The highest BCUT2D eigenvalue weighted by Gasteiger charge is 2.27. The number of carbonyl (C=O) groups is 1. The van der Waals surface area contributed by atoms with Gasteiger partial charge in [0.05, 0.1) is 5.69 Å². The van der Waals surface area contributed by atoms with Crippen LogP contribution in [0.3, 0.4) is 0 Å². The molecule has 0 aliphatic heterocycles. The van der Waals surface area contributed by atoms with Crippen molar-refractivity contribution in [3.8, 4) is 11.3 Å². The third-order valence-corrected chi connectivity index (χ3v) is 4.50. The molecule has 3 aromatic rings. The van der Waals surface area contributed by atoms with Gasteiger partial charge in [-0.3, -0.25) is 4.79 Å². The van der Waals surface area contributed by atoms with Gasteiger partial charge >= 0.3 is 0 Å². The molecule has 0 unspecified atom stereocenters. The molecule has 0 spiro atoms. The maximum atomic E-state index is 12.8. The SMILES string of the molecule is CCCN(CC1CC1)C(=O)c1cc(-c2ncnc3[nH]ccc23)c[nH]1.[HH].[HH]. The summed E-state index contributed by atoms with van der Waals surface area (Å²) in [7, 11) is 0. The first-order chi connectivity index (χ1) is 11.8. The highest BCUT2D eigenvalue weighted by atomic mass is 16.2. The Hall–Kier alpha value is -2.63. The second kappa shape index (κ2) is 6.11. The fraction of sp³-hybridized carbons (Fsp3) is 0.389. The van der Waals surface area contributed by atoms with E-state index in [1.165, 1.54) is 12.8 Å². The summed E-state index contributed by atoms with van der Waals surface area (Å²) >= 11 is 0. The van der Waals surface area contributed by atoms with Crippen LogP contribution >= 0.6 is 0 Å². The first kappa shape index (κ1) is 14.9. The van der Waals surface area contributed by atoms with E-state index in [2.05, 4.69) is 26.9 Å². The van der Waals surface area contributed by atoms with Gasteiger partial charge in [-0.1, -0.05) is 6.92 Å². The average Bonchev–Trinajstić information content (AvgIpc) is 3.10. The molecule has 3 aromatic heterocycles. The summed E-state index contributed by atoms with van der Waals surface area (Å²) in [5.41, 5.74) is 3.17. The summed E-state index contributed by atoms with van der Waals surface area (Å²) in [5, 5.41) is 0.957. The van der Waals surface area contributed by atoms with Crippen LogP contribution in [0.5, 0.6) is 0 Å². The number of hydrogen-bond donors (Lipinski definition) is 2. The molecule has 4 rings (SSSR count). The molecule has 1 saturated carbocycles. The largest absolute Gasteiger partial charge is 0.357 e. The maximum absolute atomic E-state index is 12.8. The van der Waals surface area contributed by atoms with Crippen molar-refractivity contribution in [1.29, 1.82) is 0 Å². The minimum Gasteiger partial charge on any atom is -0.357 e. The Bertz CT molecular complexity index is 871. The highest BCUT2D eigenvalue weighted by molar-refractivity contribution is 5.96. The van der Waals surface area contributed by atoms with Gasteiger partial charge in [-0.2, -0.15) is 0 Å². The minimum absolute atomic E-state index is 0. The van der Waals surface area contributed by atoms with E-state index < -0.39 is 0 Å². The Morgan fingerprint density at radius 2 is 2.25 bits per heavy atom. The van der Waals surface area contributed by atoms with Crippen molar-refractivity contribution in [2.45, 2.75) is 26.2 Å². The molecule has 0 atom stereocenters. The first-order valence-corrected chi connectivity index (χ1v) is 8.52. The zero-order chi connectivity index (χ0) is 16.5. The monoisotopic (exact) mass is 327 g/mol. The highest BCUT2D eigenvalue weighted by Crippen LogP contribution is 2.30. The van der Waals surface area contributed by atoms with Crippen LogP contribution in [0.15, 0.2) is 30.9 Å². The lowest BCUT2D eigenvalue weighted by Crippen LogP contribution is -2.33. The Morgan fingerprint density at radius 1 is 1.38 bits per heavy atom. The number of aromatic amines is 2. The summed E-state index contributed by atoms with van der Waals surface area (Å²) in [4.78, 5) is 29.6. The van der Waals surface area contributed by atoms with E-state index in [9.17, 15) is 4.79 Å². The van der Waals surface area contributed by atoms with Crippen LogP contribution in [-0.4, -0.2) is 43.8 Å². The molecule has 0 saturated heterocycles. The van der Waals surface area contributed by atoms with Gasteiger partial charge in [0, 0.05) is 39.3 Å². The second-order valence-electron chi connectivity index (χ2n) is 6.46. The molecular formula is C18H25N5O. The number of fused-ring (bicyclic) bond motifs is 1. The van der Waals surface area contributed by atoms with Crippen molar-refractivity contribution in [2.24, 2.45) is 5.92 Å². The molecule has 1 aliphatic carbocycles. The number of amides is 1. The fourth-order valence-corrected chi connectivity index (χ4v) is 3.09. The predicted octanol–water partition coefficient (Wildman–Crippen LogP) is 3.71. The number of aromatic nitrogens is 4. The molecule has 128 valence electrons. The molecule has 1 aliphatic rings. The van der Waals surface area contributed by atoms with E-state index in [4.69, 9.17) is 0 Å². The molecule has 6 heteroatoms. The number of H-pyrrole nitrogens is 2. The van der Waals surface area contributed by atoms with Crippen LogP contribution in [0.2, 0.25) is 0 Å². The number of rotatable bonds is 6. The lowest BCUT2D eigenvalue weighted by Gasteiger charge is -2.21. The molecule has 3 heterocycles. The van der Waals surface area contributed by atoms with E-state index >= 15 is 0 Å². The Labute approximate surface area is 143 Å². The summed E-state index contributed by atoms with van der Waals surface area (Å²) in [6, 6.07) is 3.85. The fourth-order valence-electron chi connectivity index (χ4n) is 3.09. The lowest BCUT2D eigenvalue weighted by molar-refractivity contribution is 0.0742. The summed E-state index contributed by atoms with van der Waals surface area (Å²) in [6.45, 7) is 3.78. The van der Waals surface area contributed by atoms with Crippen LogP contribution in [0, 0.1) is 5.92 Å². The molecule has 0 bridgehead atoms. The molecule has 0 radical (unpaired) electrons. The van der Waals surface area contributed by atoms with Crippen molar-refractivity contribution in [3.63, 3.8) is 0 Å². The van der Waals surface area contributed by atoms with Gasteiger partial charge in [0.1, 0.15) is 17.7 Å². The molecule has 1 amide bonds. The number of carbonyl (C=O) groups excluding carboxylic acids is 1. The first-order valence-electron chi connectivity index (χ1n) is 8.52. The number of nitrogens with zero attached hydrogens (tertiary/aromatic N) is 3.